The van der Waals surface area contributed by atoms with Gasteiger partial charge in [0.15, 0.2) is 0 Å². The number of amides is 1. The molecule has 1 aromatic heterocycles. The lowest BCUT2D eigenvalue weighted by molar-refractivity contribution is -0.384. The molecule has 0 saturated heterocycles. The van der Waals surface area contributed by atoms with Crippen molar-refractivity contribution in [3.63, 3.8) is 0 Å². The second-order valence-electron chi connectivity index (χ2n) is 5.56. The summed E-state index contributed by atoms with van der Waals surface area (Å²) >= 11 is 1.12. The Morgan fingerprint density at radius 3 is 2.48 bits per heavy atom. The molecule has 3 aromatic rings. The van der Waals surface area contributed by atoms with Crippen molar-refractivity contribution in [2.75, 3.05) is 11.1 Å². The van der Waals surface area contributed by atoms with E-state index in [0.717, 1.165) is 23.9 Å². The Morgan fingerprint density at radius 2 is 1.85 bits per heavy atom. The average Bonchev–Trinajstić information content (AvgIpc) is 3.16. The SMILES string of the molecule is CCc1ccc(NC(=O)CSc2nnc(-c3ccc([N+](=O)[O-])cc3)o2)cc1. The topological polar surface area (TPSA) is 111 Å². The second kappa shape index (κ2) is 8.45. The molecule has 1 amide bonds. The van der Waals surface area contributed by atoms with E-state index in [1.807, 2.05) is 24.3 Å². The number of nitro benzene ring substituents is 1. The van der Waals surface area contributed by atoms with Gasteiger partial charge in [0.25, 0.3) is 10.9 Å². The first-order chi connectivity index (χ1) is 13.0. The van der Waals surface area contributed by atoms with Crippen LogP contribution in [0.25, 0.3) is 11.5 Å². The van der Waals surface area contributed by atoms with E-state index >= 15 is 0 Å². The third-order valence-corrected chi connectivity index (χ3v) is 4.52. The molecule has 0 saturated carbocycles. The van der Waals surface area contributed by atoms with Gasteiger partial charge in [-0.05, 0) is 36.2 Å². The predicted molar refractivity (Wildman–Crippen MR) is 102 cm³/mol. The van der Waals surface area contributed by atoms with Crippen molar-refractivity contribution in [2.24, 2.45) is 0 Å². The Labute approximate surface area is 159 Å². The standard InChI is InChI=1S/C18H16N4O4S/c1-2-12-3-7-14(8-4-12)19-16(23)11-27-18-21-20-17(26-18)13-5-9-15(10-6-13)22(24)25/h3-10H,2,11H2,1H3,(H,19,23). The fraction of sp³-hybridized carbons (Fsp3) is 0.167. The van der Waals surface area contributed by atoms with E-state index in [4.69, 9.17) is 4.42 Å². The van der Waals surface area contributed by atoms with Crippen LogP contribution in [-0.2, 0) is 11.2 Å². The molecule has 0 fully saturated rings. The van der Waals surface area contributed by atoms with Crippen LogP contribution >= 0.6 is 11.8 Å². The Hall–Kier alpha value is -3.20. The van der Waals surface area contributed by atoms with Gasteiger partial charge in [0.2, 0.25) is 11.8 Å². The maximum atomic E-state index is 12.0. The number of benzene rings is 2. The van der Waals surface area contributed by atoms with Crippen LogP contribution in [0, 0.1) is 10.1 Å². The van der Waals surface area contributed by atoms with E-state index < -0.39 is 4.92 Å². The third-order valence-electron chi connectivity index (χ3n) is 3.70. The number of carbonyl (C=O) groups is 1. The van der Waals surface area contributed by atoms with Crippen LogP contribution in [0.3, 0.4) is 0 Å². The predicted octanol–water partition coefficient (Wildman–Crippen LogP) is 3.94. The molecule has 0 atom stereocenters. The summed E-state index contributed by atoms with van der Waals surface area (Å²) in [5, 5.41) is 21.5. The molecule has 2 aromatic carbocycles. The highest BCUT2D eigenvalue weighted by molar-refractivity contribution is 7.99. The molecule has 0 radical (unpaired) electrons. The van der Waals surface area contributed by atoms with Crippen LogP contribution in [0.1, 0.15) is 12.5 Å². The lowest BCUT2D eigenvalue weighted by Gasteiger charge is -2.04. The van der Waals surface area contributed by atoms with E-state index in [0.29, 0.717) is 5.56 Å². The summed E-state index contributed by atoms with van der Waals surface area (Å²) in [7, 11) is 0. The summed E-state index contributed by atoms with van der Waals surface area (Å²) in [6.07, 6.45) is 0.943. The monoisotopic (exact) mass is 384 g/mol. The Morgan fingerprint density at radius 1 is 1.15 bits per heavy atom. The van der Waals surface area contributed by atoms with Crippen molar-refractivity contribution in [3.05, 3.63) is 64.2 Å². The molecule has 0 unspecified atom stereocenters. The Kier molecular flexibility index (Phi) is 5.82. The van der Waals surface area contributed by atoms with Gasteiger partial charge >= 0.3 is 0 Å². The number of nitro groups is 1. The van der Waals surface area contributed by atoms with Crippen LogP contribution in [0.4, 0.5) is 11.4 Å². The minimum atomic E-state index is -0.479. The summed E-state index contributed by atoms with van der Waals surface area (Å²) in [6, 6.07) is 13.5. The van der Waals surface area contributed by atoms with Crippen molar-refractivity contribution < 1.29 is 14.1 Å². The average molecular weight is 384 g/mol. The highest BCUT2D eigenvalue weighted by Gasteiger charge is 2.13. The molecule has 0 aliphatic rings. The van der Waals surface area contributed by atoms with E-state index in [1.165, 1.54) is 29.8 Å². The Bertz CT molecular complexity index is 939. The molecule has 0 spiro atoms. The van der Waals surface area contributed by atoms with Gasteiger partial charge in [0.05, 0.1) is 10.7 Å². The maximum Gasteiger partial charge on any atom is 0.277 e. The smallest absolute Gasteiger partial charge is 0.277 e. The van der Waals surface area contributed by atoms with Gasteiger partial charge < -0.3 is 9.73 Å². The van der Waals surface area contributed by atoms with Crippen LogP contribution in [0.2, 0.25) is 0 Å². The quantitative estimate of drug-likeness (QED) is 0.373. The van der Waals surface area contributed by atoms with Gasteiger partial charge in [0, 0.05) is 23.4 Å². The van der Waals surface area contributed by atoms with Crippen molar-refractivity contribution in [2.45, 2.75) is 18.6 Å². The first kappa shape index (κ1) is 18.6. The lowest BCUT2D eigenvalue weighted by atomic mass is 10.1. The molecular weight excluding hydrogens is 368 g/mol. The number of hydrogen-bond donors (Lipinski definition) is 1. The molecule has 9 heteroatoms. The van der Waals surface area contributed by atoms with E-state index in [2.05, 4.69) is 22.4 Å². The van der Waals surface area contributed by atoms with Crippen LogP contribution in [-0.4, -0.2) is 26.8 Å². The third kappa shape index (κ3) is 4.91. The molecule has 0 aliphatic heterocycles. The summed E-state index contributed by atoms with van der Waals surface area (Å²) in [5.74, 6) is 0.180. The summed E-state index contributed by atoms with van der Waals surface area (Å²) in [4.78, 5) is 22.2. The van der Waals surface area contributed by atoms with Crippen molar-refractivity contribution >= 4 is 29.0 Å². The maximum absolute atomic E-state index is 12.0. The molecule has 138 valence electrons. The molecular formula is C18H16N4O4S. The summed E-state index contributed by atoms with van der Waals surface area (Å²) in [6.45, 7) is 2.07. The zero-order valence-corrected chi connectivity index (χ0v) is 15.2. The van der Waals surface area contributed by atoms with Crippen molar-refractivity contribution in [1.82, 2.24) is 10.2 Å². The fourth-order valence-corrected chi connectivity index (χ4v) is 2.82. The molecule has 1 N–H and O–H groups in total. The largest absolute Gasteiger partial charge is 0.411 e. The van der Waals surface area contributed by atoms with Crippen molar-refractivity contribution in [1.29, 1.82) is 0 Å². The molecule has 0 aliphatic carbocycles. The first-order valence-corrected chi connectivity index (χ1v) is 9.13. The highest BCUT2D eigenvalue weighted by Crippen LogP contribution is 2.25. The van der Waals surface area contributed by atoms with Crippen molar-refractivity contribution in [3.8, 4) is 11.5 Å². The normalized spacial score (nSPS) is 10.6. The number of non-ortho nitro benzene ring substituents is 1. The van der Waals surface area contributed by atoms with Gasteiger partial charge in [-0.25, -0.2) is 0 Å². The number of nitrogens with zero attached hydrogens (tertiary/aromatic N) is 3. The number of rotatable bonds is 7. The van der Waals surface area contributed by atoms with Crippen LogP contribution in [0.15, 0.2) is 58.2 Å². The fourth-order valence-electron chi connectivity index (χ4n) is 2.26. The molecule has 0 bridgehead atoms. The molecule has 27 heavy (non-hydrogen) atoms. The Balaban J connectivity index is 1.55. The number of anilines is 1. The number of carbonyl (C=O) groups excluding carboxylic acids is 1. The molecule has 1 heterocycles. The summed E-state index contributed by atoms with van der Waals surface area (Å²) < 4.78 is 5.49. The highest BCUT2D eigenvalue weighted by atomic mass is 32.2. The number of nitrogens with one attached hydrogen (secondary N) is 1. The number of aryl methyl sites for hydroxylation is 1. The van der Waals surface area contributed by atoms with Gasteiger partial charge in [-0.1, -0.05) is 30.8 Å². The van der Waals surface area contributed by atoms with Crippen LogP contribution in [0.5, 0.6) is 0 Å². The first-order valence-electron chi connectivity index (χ1n) is 8.15. The number of thioether (sulfide) groups is 1. The lowest BCUT2D eigenvalue weighted by Crippen LogP contribution is -2.13. The van der Waals surface area contributed by atoms with E-state index in [1.54, 1.807) is 0 Å². The number of aromatic nitrogens is 2. The summed E-state index contributed by atoms with van der Waals surface area (Å²) in [5.41, 5.74) is 2.49. The minimum absolute atomic E-state index is 0.0171. The van der Waals surface area contributed by atoms with E-state index in [9.17, 15) is 14.9 Å². The van der Waals surface area contributed by atoms with E-state index in [-0.39, 0.29) is 28.5 Å². The molecule has 3 rings (SSSR count). The van der Waals surface area contributed by atoms with Gasteiger partial charge in [-0.3, -0.25) is 14.9 Å². The molecule has 8 nitrogen and oxygen atoms in total. The minimum Gasteiger partial charge on any atom is -0.411 e. The van der Waals surface area contributed by atoms with Gasteiger partial charge in [-0.15, -0.1) is 10.2 Å². The zero-order valence-electron chi connectivity index (χ0n) is 14.4. The number of hydrogen-bond acceptors (Lipinski definition) is 7. The van der Waals surface area contributed by atoms with Gasteiger partial charge in [-0.2, -0.15) is 0 Å². The van der Waals surface area contributed by atoms with Crippen LogP contribution < -0.4 is 5.32 Å². The zero-order chi connectivity index (χ0) is 19.2. The second-order valence-corrected chi connectivity index (χ2v) is 6.49. The van der Waals surface area contributed by atoms with Gasteiger partial charge in [0.1, 0.15) is 0 Å².